The van der Waals surface area contributed by atoms with Crippen LogP contribution in [0.2, 0.25) is 0 Å². The lowest BCUT2D eigenvalue weighted by Gasteiger charge is -2.07. The SMILES string of the molecule is Nc1c(Oc2cccc(CCCO)c2)nc[nH]c1=O. The molecule has 6 nitrogen and oxygen atoms in total. The molecule has 0 spiro atoms. The summed E-state index contributed by atoms with van der Waals surface area (Å²) in [5.41, 5.74) is 6.14. The van der Waals surface area contributed by atoms with Gasteiger partial charge in [-0.05, 0) is 30.5 Å². The number of ether oxygens (including phenoxy) is 1. The fourth-order valence-electron chi connectivity index (χ4n) is 1.63. The molecule has 0 saturated heterocycles. The highest BCUT2D eigenvalue weighted by Crippen LogP contribution is 2.23. The summed E-state index contributed by atoms with van der Waals surface area (Å²) >= 11 is 0. The van der Waals surface area contributed by atoms with Crippen LogP contribution in [0.1, 0.15) is 12.0 Å². The van der Waals surface area contributed by atoms with Gasteiger partial charge in [-0.1, -0.05) is 12.1 Å². The Morgan fingerprint density at radius 2 is 2.26 bits per heavy atom. The second-order valence-corrected chi connectivity index (χ2v) is 4.03. The van der Waals surface area contributed by atoms with Gasteiger partial charge in [0.2, 0.25) is 5.88 Å². The van der Waals surface area contributed by atoms with Crippen LogP contribution in [0, 0.1) is 0 Å². The Balaban J connectivity index is 2.19. The van der Waals surface area contributed by atoms with Gasteiger partial charge in [-0.15, -0.1) is 0 Å². The van der Waals surface area contributed by atoms with E-state index < -0.39 is 5.56 Å². The predicted octanol–water partition coefficient (Wildman–Crippen LogP) is 1.07. The maximum atomic E-state index is 11.3. The number of H-pyrrole nitrogens is 1. The first-order valence-electron chi connectivity index (χ1n) is 5.91. The molecule has 0 unspecified atom stereocenters. The van der Waals surface area contributed by atoms with Crippen molar-refractivity contribution in [2.75, 3.05) is 12.3 Å². The zero-order valence-electron chi connectivity index (χ0n) is 10.3. The first-order chi connectivity index (χ1) is 9.20. The van der Waals surface area contributed by atoms with Gasteiger partial charge in [-0.3, -0.25) is 4.79 Å². The van der Waals surface area contributed by atoms with Crippen LogP contribution in [0.25, 0.3) is 0 Å². The van der Waals surface area contributed by atoms with Crippen LogP contribution in [-0.2, 0) is 6.42 Å². The summed E-state index contributed by atoms with van der Waals surface area (Å²) in [7, 11) is 0. The van der Waals surface area contributed by atoms with E-state index in [4.69, 9.17) is 15.6 Å². The number of nitrogens with zero attached hydrogens (tertiary/aromatic N) is 1. The Morgan fingerprint density at radius 1 is 1.42 bits per heavy atom. The number of rotatable bonds is 5. The zero-order chi connectivity index (χ0) is 13.7. The number of anilines is 1. The second kappa shape index (κ2) is 6.01. The summed E-state index contributed by atoms with van der Waals surface area (Å²) in [5.74, 6) is 0.642. The highest BCUT2D eigenvalue weighted by molar-refractivity contribution is 5.47. The molecule has 0 radical (unpaired) electrons. The molecule has 4 N–H and O–H groups in total. The van der Waals surface area contributed by atoms with Crippen LogP contribution >= 0.6 is 0 Å². The van der Waals surface area contributed by atoms with Crippen LogP contribution in [0.4, 0.5) is 5.69 Å². The number of nitrogen functional groups attached to an aromatic ring is 1. The number of aliphatic hydroxyl groups excluding tert-OH is 1. The minimum absolute atomic E-state index is 0.0525. The standard InChI is InChI=1S/C13H15N3O3/c14-11-12(18)15-8-16-13(11)19-10-5-1-3-9(7-10)4-2-6-17/h1,3,5,7-8,17H,2,4,6,14H2,(H,15,16,18). The lowest BCUT2D eigenvalue weighted by molar-refractivity contribution is 0.288. The van der Waals surface area contributed by atoms with Gasteiger partial charge in [0.1, 0.15) is 5.75 Å². The monoisotopic (exact) mass is 261 g/mol. The van der Waals surface area contributed by atoms with Crippen molar-refractivity contribution >= 4 is 5.69 Å². The molecular formula is C13H15N3O3. The molecule has 2 aromatic rings. The second-order valence-electron chi connectivity index (χ2n) is 4.03. The average molecular weight is 261 g/mol. The molecule has 1 heterocycles. The molecule has 0 aliphatic carbocycles. The smallest absolute Gasteiger partial charge is 0.277 e. The Labute approximate surface area is 109 Å². The molecule has 0 aliphatic rings. The molecule has 0 fully saturated rings. The van der Waals surface area contributed by atoms with Gasteiger partial charge in [0.25, 0.3) is 5.56 Å². The van der Waals surface area contributed by atoms with Crippen molar-refractivity contribution in [3.8, 4) is 11.6 Å². The van der Waals surface area contributed by atoms with E-state index in [0.717, 1.165) is 12.0 Å². The van der Waals surface area contributed by atoms with E-state index in [1.54, 1.807) is 6.07 Å². The lowest BCUT2D eigenvalue weighted by atomic mass is 10.1. The van der Waals surface area contributed by atoms with Gasteiger partial charge in [0.15, 0.2) is 5.69 Å². The Hall–Kier alpha value is -2.34. The number of nitrogens with two attached hydrogens (primary N) is 1. The van der Waals surface area contributed by atoms with E-state index in [9.17, 15) is 4.79 Å². The summed E-state index contributed by atoms with van der Waals surface area (Å²) in [5, 5.41) is 8.80. The van der Waals surface area contributed by atoms with Gasteiger partial charge < -0.3 is 20.6 Å². The number of hydrogen-bond donors (Lipinski definition) is 3. The molecule has 19 heavy (non-hydrogen) atoms. The molecule has 1 aromatic carbocycles. The van der Waals surface area contributed by atoms with Crippen molar-refractivity contribution in [3.05, 3.63) is 46.5 Å². The molecule has 0 aliphatic heterocycles. The molecule has 0 saturated carbocycles. The van der Waals surface area contributed by atoms with Crippen LogP contribution in [-0.4, -0.2) is 21.7 Å². The third-order valence-corrected chi connectivity index (χ3v) is 2.59. The third kappa shape index (κ3) is 3.32. The van der Waals surface area contributed by atoms with E-state index in [2.05, 4.69) is 9.97 Å². The van der Waals surface area contributed by atoms with Crippen molar-refractivity contribution in [3.63, 3.8) is 0 Å². The Bertz CT molecular complexity index is 610. The number of nitrogens with one attached hydrogen (secondary N) is 1. The number of aryl methyl sites for hydroxylation is 1. The van der Waals surface area contributed by atoms with Gasteiger partial charge >= 0.3 is 0 Å². The Morgan fingerprint density at radius 3 is 3.05 bits per heavy atom. The number of benzene rings is 1. The predicted molar refractivity (Wildman–Crippen MR) is 71.2 cm³/mol. The molecule has 6 heteroatoms. The van der Waals surface area contributed by atoms with Crippen LogP contribution in [0.15, 0.2) is 35.4 Å². The Kier molecular flexibility index (Phi) is 4.15. The maximum Gasteiger partial charge on any atom is 0.277 e. The molecule has 0 bridgehead atoms. The molecule has 2 rings (SSSR count). The van der Waals surface area contributed by atoms with Crippen LogP contribution in [0.5, 0.6) is 11.6 Å². The number of aliphatic hydroxyl groups is 1. The van der Waals surface area contributed by atoms with Crippen molar-refractivity contribution in [1.82, 2.24) is 9.97 Å². The summed E-state index contributed by atoms with van der Waals surface area (Å²) in [6.45, 7) is 0.146. The summed E-state index contributed by atoms with van der Waals surface area (Å²) in [4.78, 5) is 17.6. The van der Waals surface area contributed by atoms with Crippen molar-refractivity contribution in [2.24, 2.45) is 0 Å². The average Bonchev–Trinajstić information content (AvgIpc) is 2.42. The first kappa shape index (κ1) is 13.1. The van der Waals surface area contributed by atoms with E-state index >= 15 is 0 Å². The minimum Gasteiger partial charge on any atom is -0.437 e. The molecule has 0 atom stereocenters. The molecular weight excluding hydrogens is 246 g/mol. The van der Waals surface area contributed by atoms with Crippen molar-refractivity contribution in [2.45, 2.75) is 12.8 Å². The van der Waals surface area contributed by atoms with E-state index in [-0.39, 0.29) is 18.2 Å². The zero-order valence-corrected chi connectivity index (χ0v) is 10.3. The highest BCUT2D eigenvalue weighted by atomic mass is 16.5. The topological polar surface area (TPSA) is 101 Å². The van der Waals surface area contributed by atoms with Gasteiger partial charge in [0, 0.05) is 6.61 Å². The van der Waals surface area contributed by atoms with Crippen LogP contribution in [0.3, 0.4) is 0 Å². The fraction of sp³-hybridized carbons (Fsp3) is 0.231. The van der Waals surface area contributed by atoms with E-state index in [1.807, 2.05) is 18.2 Å². The minimum atomic E-state index is -0.429. The largest absolute Gasteiger partial charge is 0.437 e. The molecule has 1 aromatic heterocycles. The highest BCUT2D eigenvalue weighted by Gasteiger charge is 2.07. The van der Waals surface area contributed by atoms with Crippen molar-refractivity contribution < 1.29 is 9.84 Å². The molecule has 0 amide bonds. The van der Waals surface area contributed by atoms with E-state index in [1.165, 1.54) is 6.33 Å². The lowest BCUT2D eigenvalue weighted by Crippen LogP contribution is -2.13. The van der Waals surface area contributed by atoms with Gasteiger partial charge in [0.05, 0.1) is 6.33 Å². The van der Waals surface area contributed by atoms with Gasteiger partial charge in [-0.25, -0.2) is 4.98 Å². The number of aromatic nitrogens is 2. The summed E-state index contributed by atoms with van der Waals surface area (Å²) in [6.07, 6.45) is 2.68. The fourth-order valence-corrected chi connectivity index (χ4v) is 1.63. The number of aromatic amines is 1. The quantitative estimate of drug-likeness (QED) is 0.747. The van der Waals surface area contributed by atoms with Crippen LogP contribution < -0.4 is 16.0 Å². The van der Waals surface area contributed by atoms with E-state index in [0.29, 0.717) is 12.2 Å². The van der Waals surface area contributed by atoms with Gasteiger partial charge in [-0.2, -0.15) is 0 Å². The van der Waals surface area contributed by atoms with Crippen molar-refractivity contribution in [1.29, 1.82) is 0 Å². The summed E-state index contributed by atoms with van der Waals surface area (Å²) in [6, 6.07) is 7.37. The molecule has 100 valence electrons. The number of hydrogen-bond acceptors (Lipinski definition) is 5. The normalized spacial score (nSPS) is 10.4. The third-order valence-electron chi connectivity index (χ3n) is 2.59. The maximum absolute atomic E-state index is 11.3. The summed E-state index contributed by atoms with van der Waals surface area (Å²) < 4.78 is 5.49. The first-order valence-corrected chi connectivity index (χ1v) is 5.91.